The molecule has 0 aliphatic carbocycles. The molecule has 0 spiro atoms. The van der Waals surface area contributed by atoms with E-state index in [0.717, 1.165) is 10.9 Å². The number of benzene rings is 2. The lowest BCUT2D eigenvalue weighted by Crippen LogP contribution is -2.10. The normalized spacial score (nSPS) is 12.0. The molecule has 3 rings (SSSR count). The first kappa shape index (κ1) is 15.7. The van der Waals surface area contributed by atoms with Crippen LogP contribution in [0.5, 0.6) is 0 Å². The van der Waals surface area contributed by atoms with E-state index in [-0.39, 0.29) is 5.82 Å². The van der Waals surface area contributed by atoms with Crippen LogP contribution in [-0.2, 0) is 11.3 Å². The molecule has 23 heavy (non-hydrogen) atoms. The molecule has 0 N–H and O–H groups in total. The minimum Gasteiger partial charge on any atom is -0.438 e. The summed E-state index contributed by atoms with van der Waals surface area (Å²) in [5.74, 6) is -0.302. The van der Waals surface area contributed by atoms with Gasteiger partial charge in [-0.05, 0) is 55.5 Å². The van der Waals surface area contributed by atoms with Crippen molar-refractivity contribution < 1.29 is 13.5 Å². The molecule has 5 heteroatoms. The maximum absolute atomic E-state index is 13.0. The second kappa shape index (κ2) is 6.94. The van der Waals surface area contributed by atoms with Crippen LogP contribution in [0.4, 0.5) is 10.1 Å². The van der Waals surface area contributed by atoms with Crippen LogP contribution in [0, 0.1) is 5.82 Å². The Morgan fingerprint density at radius 2 is 1.91 bits per heavy atom. The van der Waals surface area contributed by atoms with Gasteiger partial charge in [0.25, 0.3) is 0 Å². The Labute approximate surface area is 138 Å². The number of ether oxygens (including phenoxy) is 1. The summed E-state index contributed by atoms with van der Waals surface area (Å²) in [7, 11) is 0. The highest BCUT2D eigenvalue weighted by Crippen LogP contribution is 2.20. The molecule has 3 aromatic rings. The van der Waals surface area contributed by atoms with Crippen LogP contribution in [0.1, 0.15) is 12.5 Å². The summed E-state index contributed by atoms with van der Waals surface area (Å²) in [5, 5.41) is 1.52. The first-order valence-corrected chi connectivity index (χ1v) is 7.64. The Morgan fingerprint density at radius 1 is 1.13 bits per heavy atom. The van der Waals surface area contributed by atoms with Crippen molar-refractivity contribution in [1.82, 2.24) is 0 Å². The van der Waals surface area contributed by atoms with E-state index in [1.54, 1.807) is 24.3 Å². The fourth-order valence-corrected chi connectivity index (χ4v) is 2.37. The van der Waals surface area contributed by atoms with Crippen molar-refractivity contribution >= 4 is 28.3 Å². The summed E-state index contributed by atoms with van der Waals surface area (Å²) >= 11 is 6.03. The molecule has 0 saturated carbocycles. The highest BCUT2D eigenvalue weighted by Gasteiger charge is 2.05. The van der Waals surface area contributed by atoms with E-state index in [2.05, 4.69) is 4.99 Å². The molecule has 0 bridgehead atoms. The second-order valence-electron chi connectivity index (χ2n) is 4.98. The van der Waals surface area contributed by atoms with Crippen molar-refractivity contribution in [2.75, 3.05) is 6.61 Å². The van der Waals surface area contributed by atoms with Gasteiger partial charge >= 0.3 is 0 Å². The van der Waals surface area contributed by atoms with Gasteiger partial charge in [-0.25, -0.2) is 9.38 Å². The van der Waals surface area contributed by atoms with E-state index in [1.807, 2.05) is 19.1 Å². The third-order valence-electron chi connectivity index (χ3n) is 3.30. The molecule has 0 aliphatic heterocycles. The van der Waals surface area contributed by atoms with E-state index in [9.17, 15) is 4.39 Å². The van der Waals surface area contributed by atoms with Crippen LogP contribution in [0.2, 0.25) is 5.02 Å². The van der Waals surface area contributed by atoms with Crippen LogP contribution < -0.4 is 5.55 Å². The molecule has 0 fully saturated rings. The van der Waals surface area contributed by atoms with Crippen molar-refractivity contribution in [2.45, 2.75) is 13.5 Å². The molecule has 0 amide bonds. The average molecular weight is 332 g/mol. The number of hydrogen-bond donors (Lipinski definition) is 0. The molecule has 3 nitrogen and oxygen atoms in total. The van der Waals surface area contributed by atoms with Gasteiger partial charge < -0.3 is 9.15 Å². The van der Waals surface area contributed by atoms with Gasteiger partial charge in [0.05, 0.1) is 12.3 Å². The Bertz CT molecular complexity index is 888. The molecular formula is C18H15ClFNO2. The van der Waals surface area contributed by atoms with Crippen LogP contribution in [-0.4, -0.2) is 6.61 Å². The van der Waals surface area contributed by atoms with Gasteiger partial charge in [-0.2, -0.15) is 0 Å². The molecule has 0 unspecified atom stereocenters. The maximum atomic E-state index is 13.0. The summed E-state index contributed by atoms with van der Waals surface area (Å²) < 4.78 is 24.4. The molecule has 1 aromatic heterocycles. The average Bonchev–Trinajstić information content (AvgIpc) is 2.55. The minimum absolute atomic E-state index is 0.302. The Hall–Kier alpha value is -2.17. The standard InChI is InChI=1S/C18H15ClFNO2/c1-2-22-11-13-9-12-10-14(19)3-8-17(12)23-18(13)21-16-6-4-15(20)5-7-16/h3-10H,2,11H2,1H3/b21-18-. The molecule has 0 atom stereocenters. The Morgan fingerprint density at radius 3 is 2.65 bits per heavy atom. The van der Waals surface area contributed by atoms with E-state index in [0.29, 0.717) is 35.1 Å². The van der Waals surface area contributed by atoms with Crippen molar-refractivity contribution in [3.63, 3.8) is 0 Å². The fraction of sp³-hybridized carbons (Fsp3) is 0.167. The summed E-state index contributed by atoms with van der Waals surface area (Å²) in [6.45, 7) is 2.89. The monoisotopic (exact) mass is 331 g/mol. The van der Waals surface area contributed by atoms with Gasteiger partial charge in [0, 0.05) is 22.6 Å². The lowest BCUT2D eigenvalue weighted by atomic mass is 10.2. The second-order valence-corrected chi connectivity index (χ2v) is 5.42. The minimum atomic E-state index is -0.302. The summed E-state index contributed by atoms with van der Waals surface area (Å²) in [6.07, 6.45) is 0. The molecule has 118 valence electrons. The highest BCUT2D eigenvalue weighted by atomic mass is 35.5. The van der Waals surface area contributed by atoms with Crippen LogP contribution in [0.15, 0.2) is 57.9 Å². The van der Waals surface area contributed by atoms with Gasteiger partial charge in [0.1, 0.15) is 11.4 Å². The van der Waals surface area contributed by atoms with Crippen LogP contribution >= 0.6 is 11.6 Å². The van der Waals surface area contributed by atoms with Gasteiger partial charge in [-0.15, -0.1) is 0 Å². The SMILES string of the molecule is CCOCc1cc2cc(Cl)ccc2o/c1=N\c1ccc(F)cc1. The molecule has 0 radical (unpaired) electrons. The number of hydrogen-bond acceptors (Lipinski definition) is 3. The highest BCUT2D eigenvalue weighted by molar-refractivity contribution is 6.31. The van der Waals surface area contributed by atoms with E-state index in [4.69, 9.17) is 20.8 Å². The topological polar surface area (TPSA) is 34.7 Å². The third kappa shape index (κ3) is 3.78. The van der Waals surface area contributed by atoms with Crippen molar-refractivity contribution in [2.24, 2.45) is 4.99 Å². The van der Waals surface area contributed by atoms with Crippen molar-refractivity contribution in [3.8, 4) is 0 Å². The quantitative estimate of drug-likeness (QED) is 0.674. The van der Waals surface area contributed by atoms with Gasteiger partial charge in [0.15, 0.2) is 0 Å². The Balaban J connectivity index is 2.15. The summed E-state index contributed by atoms with van der Waals surface area (Å²) in [5.41, 5.74) is 2.54. The number of halogens is 2. The van der Waals surface area contributed by atoms with E-state index < -0.39 is 0 Å². The number of fused-ring (bicyclic) bond motifs is 1. The number of rotatable bonds is 4. The maximum Gasteiger partial charge on any atom is 0.225 e. The predicted molar refractivity (Wildman–Crippen MR) is 88.2 cm³/mol. The Kier molecular flexibility index (Phi) is 4.74. The third-order valence-corrected chi connectivity index (χ3v) is 3.54. The number of nitrogens with zero attached hydrogens (tertiary/aromatic N) is 1. The fourth-order valence-electron chi connectivity index (χ4n) is 2.19. The summed E-state index contributed by atoms with van der Waals surface area (Å²) in [6, 6.07) is 13.3. The van der Waals surface area contributed by atoms with Gasteiger partial charge in [-0.1, -0.05) is 11.6 Å². The first-order valence-electron chi connectivity index (χ1n) is 7.26. The first-order chi connectivity index (χ1) is 11.2. The molecular weight excluding hydrogens is 317 g/mol. The van der Waals surface area contributed by atoms with Crippen LogP contribution in [0.3, 0.4) is 0 Å². The molecule has 2 aromatic carbocycles. The predicted octanol–water partition coefficient (Wildman–Crippen LogP) is 4.99. The zero-order chi connectivity index (χ0) is 16.2. The van der Waals surface area contributed by atoms with E-state index in [1.165, 1.54) is 12.1 Å². The smallest absolute Gasteiger partial charge is 0.225 e. The van der Waals surface area contributed by atoms with Crippen LogP contribution in [0.25, 0.3) is 11.0 Å². The molecule has 0 aliphatic rings. The van der Waals surface area contributed by atoms with E-state index >= 15 is 0 Å². The zero-order valence-electron chi connectivity index (χ0n) is 12.6. The van der Waals surface area contributed by atoms with Crippen molar-refractivity contribution in [1.29, 1.82) is 0 Å². The largest absolute Gasteiger partial charge is 0.438 e. The lowest BCUT2D eigenvalue weighted by Gasteiger charge is -2.05. The van der Waals surface area contributed by atoms with Gasteiger partial charge in [0.2, 0.25) is 5.55 Å². The lowest BCUT2D eigenvalue weighted by molar-refractivity contribution is 0.131. The molecule has 1 heterocycles. The van der Waals surface area contributed by atoms with Crippen molar-refractivity contribution in [3.05, 3.63) is 70.5 Å². The zero-order valence-corrected chi connectivity index (χ0v) is 13.3. The molecule has 0 saturated heterocycles. The summed E-state index contributed by atoms with van der Waals surface area (Å²) in [4.78, 5) is 4.46. The van der Waals surface area contributed by atoms with Gasteiger partial charge in [-0.3, -0.25) is 0 Å².